The van der Waals surface area contributed by atoms with E-state index in [9.17, 15) is 0 Å². The van der Waals surface area contributed by atoms with Crippen molar-refractivity contribution in [3.63, 3.8) is 0 Å². The standard InChI is InChI=1S/C50H47N/c1-50(2)46-11-7-6-10-43(46)49-45(37-8-4-3-5-9-37)31-42(32-47(49)50)51(41-26-24-38(25-27-41)44-29-36-20-23-40(44)28-36)48-30-35-17-16-33-12-14-34(15-13-33)18-21-39(48)22-19-35/h3-15,19,22,24-27,30-32,36,40,44H,16-18,20-21,23,28-29H2,1-2H3. The summed E-state index contributed by atoms with van der Waals surface area (Å²) in [5.41, 5.74) is 19.1. The number of nitrogens with zero attached hydrogens (tertiary/aromatic N) is 1. The first-order valence-corrected chi connectivity index (χ1v) is 19.4. The molecule has 252 valence electrons. The maximum Gasteiger partial charge on any atom is 0.0496 e. The highest BCUT2D eigenvalue weighted by atomic mass is 15.1. The summed E-state index contributed by atoms with van der Waals surface area (Å²) >= 11 is 0. The van der Waals surface area contributed by atoms with E-state index in [0.29, 0.717) is 0 Å². The average molecular weight is 662 g/mol. The van der Waals surface area contributed by atoms with Crippen molar-refractivity contribution in [2.45, 2.75) is 76.5 Å². The molecule has 1 heteroatoms. The van der Waals surface area contributed by atoms with Crippen LogP contribution in [0.25, 0.3) is 22.3 Å². The Morgan fingerprint density at radius 2 is 1.25 bits per heavy atom. The van der Waals surface area contributed by atoms with Crippen LogP contribution in [0.3, 0.4) is 0 Å². The van der Waals surface area contributed by atoms with Crippen LogP contribution in [0.5, 0.6) is 0 Å². The molecule has 0 radical (unpaired) electrons. The van der Waals surface area contributed by atoms with Crippen molar-refractivity contribution >= 4 is 17.1 Å². The van der Waals surface area contributed by atoms with Crippen LogP contribution in [0, 0.1) is 11.8 Å². The fourth-order valence-corrected chi connectivity index (χ4v) is 10.4. The van der Waals surface area contributed by atoms with Gasteiger partial charge in [-0.3, -0.25) is 0 Å². The lowest BCUT2D eigenvalue weighted by Gasteiger charge is -2.32. The summed E-state index contributed by atoms with van der Waals surface area (Å²) in [6, 6.07) is 51.7. The zero-order valence-corrected chi connectivity index (χ0v) is 30.0. The minimum Gasteiger partial charge on any atom is -0.310 e. The lowest BCUT2D eigenvalue weighted by atomic mass is 9.81. The van der Waals surface area contributed by atoms with E-state index in [1.807, 2.05) is 0 Å². The van der Waals surface area contributed by atoms with Gasteiger partial charge in [0.05, 0.1) is 0 Å². The molecule has 3 unspecified atom stereocenters. The van der Waals surface area contributed by atoms with Gasteiger partial charge < -0.3 is 4.90 Å². The third kappa shape index (κ3) is 5.27. The van der Waals surface area contributed by atoms with E-state index in [0.717, 1.165) is 43.4 Å². The molecular formula is C50H47N. The Labute approximate surface area is 304 Å². The van der Waals surface area contributed by atoms with Gasteiger partial charge >= 0.3 is 0 Å². The summed E-state index contributed by atoms with van der Waals surface area (Å²) in [7, 11) is 0. The lowest BCUT2D eigenvalue weighted by molar-refractivity contribution is 0.420. The SMILES string of the molecule is CC1(C)c2ccccc2-c2c(-c3ccccc3)cc(N(c3ccc(C4CC5CCC4C5)cc3)c3cc4ccc3CCc3ccc(cc3)CC4)cc21. The first-order valence-electron chi connectivity index (χ1n) is 19.4. The monoisotopic (exact) mass is 661 g/mol. The molecule has 0 saturated heterocycles. The molecule has 3 atom stereocenters. The van der Waals surface area contributed by atoms with Crippen LogP contribution in [-0.4, -0.2) is 0 Å². The van der Waals surface area contributed by atoms with Crippen molar-refractivity contribution in [3.8, 4) is 22.3 Å². The Morgan fingerprint density at radius 1 is 0.549 bits per heavy atom. The van der Waals surface area contributed by atoms with Crippen LogP contribution in [0.15, 0.2) is 133 Å². The molecule has 0 N–H and O–H groups in total. The van der Waals surface area contributed by atoms with E-state index in [1.54, 1.807) is 5.56 Å². The van der Waals surface area contributed by atoms with Crippen molar-refractivity contribution in [1.82, 2.24) is 0 Å². The zero-order valence-electron chi connectivity index (χ0n) is 30.0. The number of benzene rings is 6. The van der Waals surface area contributed by atoms with E-state index in [2.05, 4.69) is 152 Å². The van der Waals surface area contributed by atoms with Crippen LogP contribution in [0.1, 0.15) is 84.4 Å². The first kappa shape index (κ1) is 30.9. The maximum atomic E-state index is 2.61. The molecule has 51 heavy (non-hydrogen) atoms. The molecule has 0 amide bonds. The Hall–Kier alpha value is -4.88. The second-order valence-electron chi connectivity index (χ2n) is 16.4. The van der Waals surface area contributed by atoms with E-state index in [4.69, 9.17) is 0 Å². The molecular weight excluding hydrogens is 615 g/mol. The molecule has 7 aliphatic carbocycles. The molecule has 0 aliphatic heterocycles. The van der Waals surface area contributed by atoms with E-state index in [1.165, 1.54) is 98.4 Å². The topological polar surface area (TPSA) is 3.24 Å². The minimum atomic E-state index is -0.115. The van der Waals surface area contributed by atoms with Crippen LogP contribution in [0.4, 0.5) is 17.1 Å². The zero-order chi connectivity index (χ0) is 34.1. The van der Waals surface area contributed by atoms with Gasteiger partial charge in [0.2, 0.25) is 0 Å². The normalized spacial score (nSPS) is 20.9. The van der Waals surface area contributed by atoms with Gasteiger partial charge in [-0.1, -0.05) is 123 Å². The summed E-state index contributed by atoms with van der Waals surface area (Å²) in [5, 5.41) is 0. The van der Waals surface area contributed by atoms with Crippen LogP contribution >= 0.6 is 0 Å². The fraction of sp³-hybridized carbons (Fsp3) is 0.280. The number of hydrogen-bond acceptors (Lipinski definition) is 1. The maximum absolute atomic E-state index is 2.61. The molecule has 0 heterocycles. The van der Waals surface area contributed by atoms with Gasteiger partial charge in [-0.05, 0) is 154 Å². The molecule has 0 aromatic heterocycles. The smallest absolute Gasteiger partial charge is 0.0496 e. The van der Waals surface area contributed by atoms with Gasteiger partial charge in [0.1, 0.15) is 0 Å². The van der Waals surface area contributed by atoms with E-state index < -0.39 is 0 Å². The molecule has 6 bridgehead atoms. The van der Waals surface area contributed by atoms with Crippen molar-refractivity contribution in [2.24, 2.45) is 11.8 Å². The predicted octanol–water partition coefficient (Wildman–Crippen LogP) is 12.9. The average Bonchev–Trinajstić information content (AvgIpc) is 3.87. The number of anilines is 3. The molecule has 2 fully saturated rings. The Morgan fingerprint density at radius 3 is 2.00 bits per heavy atom. The number of hydrogen-bond donors (Lipinski definition) is 0. The van der Waals surface area contributed by atoms with Gasteiger partial charge in [-0.25, -0.2) is 0 Å². The largest absolute Gasteiger partial charge is 0.310 e. The van der Waals surface area contributed by atoms with Crippen molar-refractivity contribution in [1.29, 1.82) is 0 Å². The van der Waals surface area contributed by atoms with Crippen molar-refractivity contribution < 1.29 is 0 Å². The Kier molecular flexibility index (Phi) is 7.35. The Balaban J connectivity index is 1.18. The third-order valence-electron chi connectivity index (χ3n) is 13.1. The summed E-state index contributed by atoms with van der Waals surface area (Å²) in [5.74, 6) is 2.55. The highest BCUT2D eigenvalue weighted by Gasteiger charge is 2.40. The molecule has 2 saturated carbocycles. The number of rotatable bonds is 5. The van der Waals surface area contributed by atoms with Crippen LogP contribution < -0.4 is 4.90 Å². The third-order valence-corrected chi connectivity index (χ3v) is 13.1. The predicted molar refractivity (Wildman–Crippen MR) is 214 cm³/mol. The highest BCUT2D eigenvalue weighted by Crippen LogP contribution is 2.56. The summed E-state index contributed by atoms with van der Waals surface area (Å²) in [6.07, 6.45) is 9.80. The first-order chi connectivity index (χ1) is 25.0. The molecule has 6 aromatic carbocycles. The molecule has 13 rings (SSSR count). The van der Waals surface area contributed by atoms with Gasteiger partial charge in [0.25, 0.3) is 0 Å². The number of fused-ring (bicyclic) bond motifs is 5. The fourth-order valence-electron chi connectivity index (χ4n) is 10.4. The van der Waals surface area contributed by atoms with E-state index in [-0.39, 0.29) is 5.41 Å². The quantitative estimate of drug-likeness (QED) is 0.178. The van der Waals surface area contributed by atoms with E-state index >= 15 is 0 Å². The van der Waals surface area contributed by atoms with Gasteiger partial charge in [-0.2, -0.15) is 0 Å². The Bertz CT molecular complexity index is 2240. The molecule has 0 spiro atoms. The van der Waals surface area contributed by atoms with Crippen LogP contribution in [-0.2, 0) is 31.1 Å². The highest BCUT2D eigenvalue weighted by molar-refractivity contribution is 5.96. The van der Waals surface area contributed by atoms with Gasteiger partial charge in [0, 0.05) is 22.5 Å². The summed E-state index contributed by atoms with van der Waals surface area (Å²) in [6.45, 7) is 4.83. The van der Waals surface area contributed by atoms with Gasteiger partial charge in [-0.15, -0.1) is 0 Å². The molecule has 6 aromatic rings. The number of aryl methyl sites for hydroxylation is 4. The van der Waals surface area contributed by atoms with Crippen molar-refractivity contribution in [2.75, 3.05) is 4.90 Å². The van der Waals surface area contributed by atoms with Gasteiger partial charge in [0.15, 0.2) is 0 Å². The lowest BCUT2D eigenvalue weighted by Crippen LogP contribution is -2.18. The second-order valence-corrected chi connectivity index (χ2v) is 16.4. The van der Waals surface area contributed by atoms with Crippen LogP contribution in [0.2, 0.25) is 0 Å². The minimum absolute atomic E-state index is 0.115. The summed E-state index contributed by atoms with van der Waals surface area (Å²) in [4.78, 5) is 2.61. The molecule has 7 aliphatic rings. The summed E-state index contributed by atoms with van der Waals surface area (Å²) < 4.78 is 0. The molecule has 1 nitrogen and oxygen atoms in total. The second kappa shape index (κ2) is 12.1. The van der Waals surface area contributed by atoms with Crippen molar-refractivity contribution in [3.05, 3.63) is 172 Å².